The fourth-order valence-electron chi connectivity index (χ4n) is 4.47. The number of fused-ring (bicyclic) bond motifs is 1. The minimum Gasteiger partial charge on any atom is -0.497 e. The first-order valence-electron chi connectivity index (χ1n) is 11.2. The van der Waals surface area contributed by atoms with Crippen molar-refractivity contribution in [2.45, 2.75) is 25.0 Å². The summed E-state index contributed by atoms with van der Waals surface area (Å²) in [6.07, 6.45) is 3.27. The molecule has 0 bridgehead atoms. The number of amides is 1. The summed E-state index contributed by atoms with van der Waals surface area (Å²) >= 11 is 0. The first-order valence-corrected chi connectivity index (χ1v) is 11.2. The third-order valence-corrected chi connectivity index (χ3v) is 6.24. The molecular weight excluding hydrogens is 418 g/mol. The van der Waals surface area contributed by atoms with Crippen LogP contribution in [0.2, 0.25) is 0 Å². The Morgan fingerprint density at radius 2 is 1.39 bits per heavy atom. The monoisotopic (exact) mass is 445 g/mol. The highest BCUT2D eigenvalue weighted by Crippen LogP contribution is 2.49. The van der Waals surface area contributed by atoms with Gasteiger partial charge in [-0.2, -0.15) is 0 Å². The van der Waals surface area contributed by atoms with Crippen LogP contribution in [0, 0.1) is 0 Å². The number of likely N-dealkylation sites (tertiary alicyclic amines) is 1. The largest absolute Gasteiger partial charge is 0.497 e. The van der Waals surface area contributed by atoms with Gasteiger partial charge in [0.25, 0.3) is 5.91 Å². The molecule has 33 heavy (non-hydrogen) atoms. The Kier molecular flexibility index (Phi) is 5.58. The predicted molar refractivity (Wildman–Crippen MR) is 124 cm³/mol. The molecule has 5 rings (SSSR count). The van der Waals surface area contributed by atoms with Crippen molar-refractivity contribution >= 4 is 5.91 Å². The molecule has 0 aliphatic carbocycles. The zero-order valence-electron chi connectivity index (χ0n) is 18.9. The van der Waals surface area contributed by atoms with E-state index in [0.29, 0.717) is 28.6 Å². The SMILES string of the molecule is COc1cccc(C2(c3cccc(OC)c3)Oc3ccc(C(=O)N4CCCCC4)cc3O2)c1. The number of rotatable bonds is 5. The molecule has 170 valence electrons. The van der Waals surface area contributed by atoms with Crippen molar-refractivity contribution in [3.8, 4) is 23.0 Å². The summed E-state index contributed by atoms with van der Waals surface area (Å²) in [6.45, 7) is 1.59. The third kappa shape index (κ3) is 3.86. The maximum atomic E-state index is 13.1. The van der Waals surface area contributed by atoms with Crippen LogP contribution in [0.15, 0.2) is 66.7 Å². The topological polar surface area (TPSA) is 57.2 Å². The van der Waals surface area contributed by atoms with E-state index in [0.717, 1.165) is 37.1 Å². The van der Waals surface area contributed by atoms with Gasteiger partial charge in [-0.25, -0.2) is 0 Å². The van der Waals surface area contributed by atoms with Crippen molar-refractivity contribution in [3.63, 3.8) is 0 Å². The van der Waals surface area contributed by atoms with E-state index in [9.17, 15) is 4.79 Å². The molecule has 1 saturated heterocycles. The number of ether oxygens (including phenoxy) is 4. The van der Waals surface area contributed by atoms with E-state index >= 15 is 0 Å². The molecule has 2 heterocycles. The standard InChI is InChI=1S/C27H27NO5/c1-30-22-10-6-8-20(17-22)27(21-9-7-11-23(18-21)31-2)32-24-13-12-19(16-25(24)33-27)26(29)28-14-4-3-5-15-28/h6-13,16-18H,3-5,14-15H2,1-2H3. The normalized spacial score (nSPS) is 16.4. The number of hydrogen-bond donors (Lipinski definition) is 0. The van der Waals surface area contributed by atoms with Crippen LogP contribution in [-0.4, -0.2) is 38.1 Å². The second-order valence-electron chi connectivity index (χ2n) is 8.30. The number of methoxy groups -OCH3 is 2. The number of hydrogen-bond acceptors (Lipinski definition) is 5. The van der Waals surface area contributed by atoms with E-state index in [-0.39, 0.29) is 5.91 Å². The van der Waals surface area contributed by atoms with E-state index in [1.54, 1.807) is 20.3 Å². The van der Waals surface area contributed by atoms with E-state index in [1.807, 2.05) is 65.6 Å². The van der Waals surface area contributed by atoms with Gasteiger partial charge < -0.3 is 23.8 Å². The fourth-order valence-corrected chi connectivity index (χ4v) is 4.47. The summed E-state index contributed by atoms with van der Waals surface area (Å²) in [5.41, 5.74) is 2.15. The van der Waals surface area contributed by atoms with Crippen LogP contribution in [0.4, 0.5) is 0 Å². The van der Waals surface area contributed by atoms with Crippen molar-refractivity contribution in [2.24, 2.45) is 0 Å². The van der Waals surface area contributed by atoms with Gasteiger partial charge in [0, 0.05) is 29.8 Å². The lowest BCUT2D eigenvalue weighted by Crippen LogP contribution is -2.37. The molecule has 1 fully saturated rings. The molecule has 0 radical (unpaired) electrons. The second-order valence-corrected chi connectivity index (χ2v) is 8.30. The number of piperidine rings is 1. The van der Waals surface area contributed by atoms with E-state index < -0.39 is 5.79 Å². The van der Waals surface area contributed by atoms with Gasteiger partial charge in [0.1, 0.15) is 11.5 Å². The molecule has 2 aliphatic rings. The molecule has 0 unspecified atom stereocenters. The number of benzene rings is 3. The van der Waals surface area contributed by atoms with Gasteiger partial charge in [0.2, 0.25) is 0 Å². The Labute approximate surface area is 193 Å². The molecule has 3 aromatic carbocycles. The second kappa shape index (κ2) is 8.70. The van der Waals surface area contributed by atoms with Crippen molar-refractivity contribution in [1.29, 1.82) is 0 Å². The van der Waals surface area contributed by atoms with Gasteiger partial charge in [-0.1, -0.05) is 24.3 Å². The minimum atomic E-state index is -1.24. The summed E-state index contributed by atoms with van der Waals surface area (Å²) < 4.78 is 23.9. The Bertz CT molecular complexity index is 1120. The quantitative estimate of drug-likeness (QED) is 0.553. The Balaban J connectivity index is 1.56. The molecule has 0 N–H and O–H groups in total. The number of carbonyl (C=O) groups excluding carboxylic acids is 1. The zero-order chi connectivity index (χ0) is 22.8. The molecule has 0 spiro atoms. The van der Waals surface area contributed by atoms with Gasteiger partial charge in [-0.3, -0.25) is 4.79 Å². The highest BCUT2D eigenvalue weighted by molar-refractivity contribution is 5.95. The van der Waals surface area contributed by atoms with Gasteiger partial charge >= 0.3 is 5.79 Å². The highest BCUT2D eigenvalue weighted by Gasteiger charge is 2.46. The lowest BCUT2D eigenvalue weighted by molar-refractivity contribution is -0.0461. The number of carbonyl (C=O) groups is 1. The van der Waals surface area contributed by atoms with E-state index in [4.69, 9.17) is 18.9 Å². The first kappa shape index (κ1) is 21.2. The molecule has 0 atom stereocenters. The molecule has 0 saturated carbocycles. The van der Waals surface area contributed by atoms with Crippen molar-refractivity contribution in [3.05, 3.63) is 83.4 Å². The van der Waals surface area contributed by atoms with Crippen molar-refractivity contribution in [1.82, 2.24) is 4.90 Å². The molecular formula is C27H27NO5. The van der Waals surface area contributed by atoms with Crippen LogP contribution in [-0.2, 0) is 5.79 Å². The van der Waals surface area contributed by atoms with E-state index in [2.05, 4.69) is 0 Å². The molecule has 2 aliphatic heterocycles. The minimum absolute atomic E-state index is 0.0290. The zero-order valence-corrected chi connectivity index (χ0v) is 18.9. The Morgan fingerprint density at radius 3 is 2.00 bits per heavy atom. The third-order valence-electron chi connectivity index (χ3n) is 6.24. The summed E-state index contributed by atoms with van der Waals surface area (Å²) in [5.74, 6) is 1.29. The summed E-state index contributed by atoms with van der Waals surface area (Å²) in [5, 5.41) is 0. The smallest absolute Gasteiger partial charge is 0.305 e. The van der Waals surface area contributed by atoms with Crippen LogP contribution < -0.4 is 18.9 Å². The maximum Gasteiger partial charge on any atom is 0.305 e. The van der Waals surface area contributed by atoms with Gasteiger partial charge in [-0.05, 0) is 61.7 Å². The molecule has 0 aromatic heterocycles. The van der Waals surface area contributed by atoms with Gasteiger partial charge in [0.15, 0.2) is 11.5 Å². The van der Waals surface area contributed by atoms with Crippen LogP contribution in [0.3, 0.4) is 0 Å². The van der Waals surface area contributed by atoms with Crippen LogP contribution in [0.25, 0.3) is 0 Å². The van der Waals surface area contributed by atoms with Crippen LogP contribution in [0.1, 0.15) is 40.7 Å². The van der Waals surface area contributed by atoms with Gasteiger partial charge in [0.05, 0.1) is 14.2 Å². The molecule has 6 heteroatoms. The first-order chi connectivity index (χ1) is 16.1. The molecule has 1 amide bonds. The Hall–Kier alpha value is -3.67. The lowest BCUT2D eigenvalue weighted by atomic mass is 9.96. The maximum absolute atomic E-state index is 13.1. The van der Waals surface area contributed by atoms with Crippen LogP contribution in [0.5, 0.6) is 23.0 Å². The molecule has 3 aromatic rings. The highest BCUT2D eigenvalue weighted by atomic mass is 16.7. The Morgan fingerprint density at radius 1 is 0.788 bits per heavy atom. The fraction of sp³-hybridized carbons (Fsp3) is 0.296. The average Bonchev–Trinajstić information content (AvgIpc) is 3.29. The summed E-state index contributed by atoms with van der Waals surface area (Å²) in [4.78, 5) is 15.0. The predicted octanol–water partition coefficient (Wildman–Crippen LogP) is 5.00. The van der Waals surface area contributed by atoms with Crippen molar-refractivity contribution < 1.29 is 23.7 Å². The summed E-state index contributed by atoms with van der Waals surface area (Å²) in [6, 6.07) is 20.6. The van der Waals surface area contributed by atoms with Crippen LogP contribution >= 0.6 is 0 Å². The number of nitrogens with zero attached hydrogens (tertiary/aromatic N) is 1. The van der Waals surface area contributed by atoms with Crippen molar-refractivity contribution in [2.75, 3.05) is 27.3 Å². The average molecular weight is 446 g/mol. The van der Waals surface area contributed by atoms with Gasteiger partial charge in [-0.15, -0.1) is 0 Å². The molecule has 6 nitrogen and oxygen atoms in total. The lowest BCUT2D eigenvalue weighted by Gasteiger charge is -2.29. The summed E-state index contributed by atoms with van der Waals surface area (Å²) in [7, 11) is 3.25. The van der Waals surface area contributed by atoms with E-state index in [1.165, 1.54) is 6.42 Å².